The van der Waals surface area contributed by atoms with Gasteiger partial charge in [-0.05, 0) is 0 Å². The molecule has 0 aromatic heterocycles. The van der Waals surface area contributed by atoms with E-state index in [-0.39, 0.29) is 0 Å². The summed E-state index contributed by atoms with van der Waals surface area (Å²) in [6.45, 7) is 5.43. The Bertz CT molecular complexity index is 1330. The Morgan fingerprint density at radius 1 is 0.528 bits per heavy atom. The molecule has 2 heteroatoms. The van der Waals surface area contributed by atoms with E-state index in [1.165, 1.54) is 19.5 Å². The quantitative estimate of drug-likeness (QED) is 0.176. The summed E-state index contributed by atoms with van der Waals surface area (Å²) in [5.74, 6) is -1.20. The van der Waals surface area contributed by atoms with Gasteiger partial charge in [-0.25, -0.2) is 0 Å². The summed E-state index contributed by atoms with van der Waals surface area (Å²) < 4.78 is 3.68. The number of rotatable bonds is 7. The van der Waals surface area contributed by atoms with Gasteiger partial charge in [0.05, 0.1) is 0 Å². The van der Waals surface area contributed by atoms with Crippen molar-refractivity contribution in [2.75, 3.05) is 0 Å². The van der Waals surface area contributed by atoms with Crippen LogP contribution in [-0.2, 0) is 26.0 Å². The predicted molar refractivity (Wildman–Crippen MR) is 156 cm³/mol. The molecule has 2 aliphatic carbocycles. The van der Waals surface area contributed by atoms with Crippen LogP contribution in [0.25, 0.3) is 12.2 Å². The fourth-order valence-corrected chi connectivity index (χ4v) is 68.7. The van der Waals surface area contributed by atoms with E-state index >= 15 is 0 Å². The molecule has 0 saturated carbocycles. The number of allylic oxidation sites excluding steroid dienone is 2. The Morgan fingerprint density at radius 2 is 0.917 bits per heavy atom. The topological polar surface area (TPSA) is 0 Å². The molecule has 0 nitrogen and oxygen atoms in total. The van der Waals surface area contributed by atoms with Crippen LogP contribution in [0.1, 0.15) is 40.7 Å². The van der Waals surface area contributed by atoms with Gasteiger partial charge in [0.2, 0.25) is 0 Å². The minimum atomic E-state index is -4.10. The van der Waals surface area contributed by atoms with Gasteiger partial charge in [0.15, 0.2) is 0 Å². The van der Waals surface area contributed by atoms with Crippen LogP contribution in [0, 0.1) is 0 Å². The van der Waals surface area contributed by atoms with Crippen LogP contribution < -0.4 is 0 Å². The molecule has 2 unspecified atom stereocenters. The van der Waals surface area contributed by atoms with E-state index in [0.29, 0.717) is 7.35 Å². The van der Waals surface area contributed by atoms with Crippen molar-refractivity contribution in [3.63, 3.8) is 0 Å². The third-order valence-corrected chi connectivity index (χ3v) is 78.0. The zero-order chi connectivity index (χ0) is 24.6. The van der Waals surface area contributed by atoms with Crippen LogP contribution in [0.3, 0.4) is 0 Å². The fourth-order valence-electron chi connectivity index (χ4n) is 7.80. The normalized spacial score (nSPS) is 19.1. The van der Waals surface area contributed by atoms with Crippen LogP contribution >= 0.6 is 0 Å². The zero-order valence-corrected chi connectivity index (χ0v) is 26.1. The van der Waals surface area contributed by atoms with E-state index < -0.39 is 23.7 Å². The van der Waals surface area contributed by atoms with Crippen LogP contribution in [0.15, 0.2) is 121 Å². The molecular weight excluding hydrogens is 615 g/mol. The van der Waals surface area contributed by atoms with Crippen LogP contribution in [-0.4, -0.2) is 5.98 Å². The van der Waals surface area contributed by atoms with Crippen molar-refractivity contribution in [2.24, 2.45) is 0 Å². The summed E-state index contributed by atoms with van der Waals surface area (Å²) in [4.78, 5) is 0. The second-order valence-electron chi connectivity index (χ2n) is 11.4. The molecule has 0 bridgehead atoms. The summed E-state index contributed by atoms with van der Waals surface area (Å²) in [6.07, 6.45) is 10.2. The Morgan fingerprint density at radius 3 is 1.33 bits per heavy atom. The van der Waals surface area contributed by atoms with Gasteiger partial charge in [-0.1, -0.05) is 0 Å². The maximum atomic E-state index is 2.71. The van der Waals surface area contributed by atoms with Crippen molar-refractivity contribution in [3.8, 4) is 0 Å². The predicted octanol–water partition coefficient (Wildman–Crippen LogP) is 8.60. The summed E-state index contributed by atoms with van der Waals surface area (Å²) in [5.41, 5.74) is 9.16. The molecule has 0 radical (unpaired) electrons. The molecule has 4 aromatic rings. The Kier molecular flexibility index (Phi) is 6.22. The van der Waals surface area contributed by atoms with E-state index in [2.05, 4.69) is 147 Å². The van der Waals surface area contributed by atoms with E-state index in [0.717, 1.165) is 0 Å². The van der Waals surface area contributed by atoms with Gasteiger partial charge in [0, 0.05) is 0 Å². The maximum absolute atomic E-state index is 4.10. The second kappa shape index (κ2) is 9.39. The Hall–Kier alpha value is -2.55. The van der Waals surface area contributed by atoms with Gasteiger partial charge >= 0.3 is 219 Å². The van der Waals surface area contributed by atoms with E-state index in [1.54, 1.807) is 22.3 Å². The SMILES string of the molecule is C[SiH](C)[Hf]([CH2]c1ccccc1)([CH2]c1ccccc1)([CH]1C=Cc2ccccc21)[CH]1C=Cc2ccccc21. The zero-order valence-electron chi connectivity index (χ0n) is 21.3. The summed E-state index contributed by atoms with van der Waals surface area (Å²) in [5, 5.41) is 0. The molecule has 0 saturated heterocycles. The van der Waals surface area contributed by atoms with Crippen molar-refractivity contribution in [3.05, 3.63) is 155 Å². The first kappa shape index (κ1) is 23.8. The average molecular weight is 650 g/mol. The molecule has 36 heavy (non-hydrogen) atoms. The molecule has 0 aliphatic heterocycles. The first-order valence-corrected chi connectivity index (χ1v) is 31.7. The van der Waals surface area contributed by atoms with Gasteiger partial charge in [-0.3, -0.25) is 0 Å². The molecule has 0 N–H and O–H groups in total. The molecule has 0 spiro atoms. The van der Waals surface area contributed by atoms with Crippen LogP contribution in [0.4, 0.5) is 0 Å². The van der Waals surface area contributed by atoms with Gasteiger partial charge in [-0.2, -0.15) is 0 Å². The van der Waals surface area contributed by atoms with E-state index in [1.807, 2.05) is 0 Å². The number of fused-ring (bicyclic) bond motifs is 2. The van der Waals surface area contributed by atoms with Crippen LogP contribution in [0.2, 0.25) is 13.1 Å². The molecular formula is C34H35HfSi. The van der Waals surface area contributed by atoms with Gasteiger partial charge in [0.1, 0.15) is 0 Å². The summed E-state index contributed by atoms with van der Waals surface area (Å²) in [7, 11) is 0. The van der Waals surface area contributed by atoms with Crippen molar-refractivity contribution in [1.29, 1.82) is 0 Å². The van der Waals surface area contributed by atoms with Crippen molar-refractivity contribution in [1.82, 2.24) is 0 Å². The number of hydrogen-bond donors (Lipinski definition) is 0. The van der Waals surface area contributed by atoms with Gasteiger partial charge in [-0.15, -0.1) is 0 Å². The van der Waals surface area contributed by atoms with Crippen LogP contribution in [0.5, 0.6) is 0 Å². The molecule has 4 aromatic carbocycles. The molecule has 6 rings (SSSR count). The molecule has 0 amide bonds. The minimum absolute atomic E-state index is 0.561. The third-order valence-electron chi connectivity index (χ3n) is 9.64. The van der Waals surface area contributed by atoms with Gasteiger partial charge < -0.3 is 0 Å². The summed E-state index contributed by atoms with van der Waals surface area (Å²) in [6, 6.07) is 41.5. The van der Waals surface area contributed by atoms with Crippen molar-refractivity contribution >= 4 is 18.1 Å². The summed E-state index contributed by atoms with van der Waals surface area (Å²) >= 11 is -4.10. The standard InChI is InChI=1S/2C9H7.2C7H7.C2H7Si.Hf/c2*1-2-5-9-7-3-6-8(9)4-1;2*1-7-5-3-2-4-6-7;1-3-2;/h2*1-7H;2*2-6H,1H2;3H,1-2H3;. The van der Waals surface area contributed by atoms with Crippen molar-refractivity contribution in [2.45, 2.75) is 28.8 Å². The van der Waals surface area contributed by atoms with E-state index in [4.69, 9.17) is 0 Å². The first-order valence-electron chi connectivity index (χ1n) is 13.4. The number of benzene rings is 4. The Balaban J connectivity index is 1.70. The molecule has 179 valence electrons. The first-order chi connectivity index (χ1) is 17.6. The second-order valence-corrected chi connectivity index (χ2v) is 59.5. The number of hydrogen-bond acceptors (Lipinski definition) is 0. The molecule has 2 aliphatic rings. The molecule has 2 atom stereocenters. The monoisotopic (exact) mass is 651 g/mol. The van der Waals surface area contributed by atoms with Gasteiger partial charge in [0.25, 0.3) is 0 Å². The third kappa shape index (κ3) is 3.64. The Labute approximate surface area is 218 Å². The van der Waals surface area contributed by atoms with E-state index in [9.17, 15) is 0 Å². The molecule has 0 heterocycles. The molecule has 0 fully saturated rings. The fraction of sp³-hybridized carbons (Fsp3) is 0.176. The van der Waals surface area contributed by atoms with Crippen molar-refractivity contribution < 1.29 is 17.7 Å². The average Bonchev–Trinajstić information content (AvgIpc) is 3.55.